The van der Waals surface area contributed by atoms with E-state index in [-0.39, 0.29) is 17.9 Å². The van der Waals surface area contributed by atoms with E-state index in [4.69, 9.17) is 10.1 Å². The van der Waals surface area contributed by atoms with Gasteiger partial charge in [-0.1, -0.05) is 6.58 Å². The first-order valence-electron chi connectivity index (χ1n) is 7.47. The topological polar surface area (TPSA) is 103 Å². The van der Waals surface area contributed by atoms with Crippen LogP contribution in [0.1, 0.15) is 46.5 Å². The number of carbonyl (C=O) groups excluding carboxylic acids is 2. The predicted molar refractivity (Wildman–Crippen MR) is 85.0 cm³/mol. The van der Waals surface area contributed by atoms with E-state index in [1.807, 2.05) is 20.8 Å². The van der Waals surface area contributed by atoms with Crippen molar-refractivity contribution >= 4 is 18.0 Å². The minimum atomic E-state index is -0.503. The van der Waals surface area contributed by atoms with Gasteiger partial charge in [0.1, 0.15) is 11.4 Å². The molecule has 1 aliphatic carbocycles. The highest BCUT2D eigenvalue weighted by Crippen LogP contribution is 2.19. The number of carbonyl (C=O) groups is 2. The molecule has 3 amide bonds. The van der Waals surface area contributed by atoms with Crippen molar-refractivity contribution in [1.82, 2.24) is 16.0 Å². The Labute approximate surface area is 131 Å². The van der Waals surface area contributed by atoms with Crippen molar-refractivity contribution in [2.24, 2.45) is 0 Å². The van der Waals surface area contributed by atoms with Crippen molar-refractivity contribution in [1.29, 1.82) is 5.41 Å². The summed E-state index contributed by atoms with van der Waals surface area (Å²) < 4.78 is 5.23. The lowest BCUT2D eigenvalue weighted by molar-refractivity contribution is 0.0490. The first-order chi connectivity index (χ1) is 10.2. The van der Waals surface area contributed by atoms with Gasteiger partial charge >= 0.3 is 12.1 Å². The molecule has 0 aromatic heterocycles. The lowest BCUT2D eigenvalue weighted by Crippen LogP contribution is -2.48. The molecule has 22 heavy (non-hydrogen) atoms. The van der Waals surface area contributed by atoms with Crippen molar-refractivity contribution in [2.45, 2.75) is 64.1 Å². The zero-order valence-corrected chi connectivity index (χ0v) is 13.5. The third-order valence-corrected chi connectivity index (χ3v) is 3.24. The highest BCUT2D eigenvalue weighted by atomic mass is 16.6. The Morgan fingerprint density at radius 2 is 1.64 bits per heavy atom. The number of urea groups is 1. The van der Waals surface area contributed by atoms with Crippen molar-refractivity contribution in [3.8, 4) is 0 Å². The zero-order chi connectivity index (χ0) is 16.8. The van der Waals surface area contributed by atoms with E-state index >= 15 is 0 Å². The molecule has 0 bridgehead atoms. The summed E-state index contributed by atoms with van der Waals surface area (Å²) in [7, 11) is 0. The molecule has 0 aliphatic heterocycles. The number of amidine groups is 1. The summed E-state index contributed by atoms with van der Waals surface area (Å²) in [6.07, 6.45) is 3.97. The summed E-state index contributed by atoms with van der Waals surface area (Å²) in [5, 5.41) is 15.4. The summed E-state index contributed by atoms with van der Waals surface area (Å²) in [4.78, 5) is 23.3. The lowest BCUT2D eigenvalue weighted by atomic mass is 9.91. The van der Waals surface area contributed by atoms with Crippen LogP contribution in [0.5, 0.6) is 0 Å². The molecule has 1 rings (SSSR count). The van der Waals surface area contributed by atoms with Gasteiger partial charge < -0.3 is 15.4 Å². The smallest absolute Gasteiger partial charge is 0.407 e. The van der Waals surface area contributed by atoms with Crippen molar-refractivity contribution < 1.29 is 14.3 Å². The third-order valence-electron chi connectivity index (χ3n) is 3.24. The van der Waals surface area contributed by atoms with Gasteiger partial charge in [-0.3, -0.25) is 10.7 Å². The number of hydrogen-bond donors (Lipinski definition) is 4. The van der Waals surface area contributed by atoms with E-state index in [0.29, 0.717) is 0 Å². The van der Waals surface area contributed by atoms with Crippen LogP contribution in [0.4, 0.5) is 9.59 Å². The molecule has 0 spiro atoms. The van der Waals surface area contributed by atoms with Gasteiger partial charge in [-0.05, 0) is 52.5 Å². The Morgan fingerprint density at radius 3 is 2.09 bits per heavy atom. The van der Waals surface area contributed by atoms with Crippen LogP contribution in [-0.4, -0.2) is 35.6 Å². The summed E-state index contributed by atoms with van der Waals surface area (Å²) >= 11 is 0. The van der Waals surface area contributed by atoms with Crippen LogP contribution in [-0.2, 0) is 4.74 Å². The molecular formula is C15H26N4O3. The normalized spacial score (nSPS) is 21.4. The molecule has 124 valence electrons. The Bertz CT molecular complexity index is 435. The quantitative estimate of drug-likeness (QED) is 0.475. The van der Waals surface area contributed by atoms with Crippen molar-refractivity contribution in [3.05, 3.63) is 12.7 Å². The fourth-order valence-electron chi connectivity index (χ4n) is 2.25. The van der Waals surface area contributed by atoms with E-state index in [1.54, 1.807) is 0 Å². The summed E-state index contributed by atoms with van der Waals surface area (Å²) in [6.45, 7) is 8.88. The Balaban J connectivity index is 2.28. The van der Waals surface area contributed by atoms with E-state index in [9.17, 15) is 9.59 Å². The van der Waals surface area contributed by atoms with Crippen LogP contribution < -0.4 is 16.0 Å². The molecule has 7 nitrogen and oxygen atoms in total. The highest BCUT2D eigenvalue weighted by molar-refractivity contribution is 6.01. The second-order valence-electron chi connectivity index (χ2n) is 6.41. The zero-order valence-electron chi connectivity index (χ0n) is 13.5. The van der Waals surface area contributed by atoms with Gasteiger partial charge in [0.05, 0.1) is 0 Å². The van der Waals surface area contributed by atoms with Crippen LogP contribution in [0, 0.1) is 5.41 Å². The second-order valence-corrected chi connectivity index (χ2v) is 6.41. The van der Waals surface area contributed by atoms with Gasteiger partial charge in [0.25, 0.3) is 0 Å². The molecule has 1 aliphatic rings. The molecule has 0 unspecified atom stereocenters. The molecule has 7 heteroatoms. The van der Waals surface area contributed by atoms with E-state index in [2.05, 4.69) is 22.5 Å². The van der Waals surface area contributed by atoms with E-state index in [1.165, 1.54) is 6.08 Å². The number of rotatable bonds is 3. The number of ether oxygens (including phenoxy) is 1. The summed E-state index contributed by atoms with van der Waals surface area (Å²) in [5.74, 6) is -0.0298. The first-order valence-corrected chi connectivity index (χ1v) is 7.47. The maximum Gasteiger partial charge on any atom is 0.407 e. The minimum absolute atomic E-state index is 0.0298. The maximum absolute atomic E-state index is 11.7. The maximum atomic E-state index is 11.7. The van der Waals surface area contributed by atoms with Gasteiger partial charge in [0.2, 0.25) is 0 Å². The molecule has 4 N–H and O–H groups in total. The number of alkyl carbamates (subject to hydrolysis) is 1. The van der Waals surface area contributed by atoms with Crippen molar-refractivity contribution in [2.75, 3.05) is 0 Å². The molecule has 0 saturated heterocycles. The monoisotopic (exact) mass is 310 g/mol. The molecule has 0 radical (unpaired) electrons. The van der Waals surface area contributed by atoms with Crippen LogP contribution >= 0.6 is 0 Å². The second kappa shape index (κ2) is 7.82. The SMILES string of the molecule is C=CC(=N)NC(=O)NC1CCC(NC(=O)OC(C)(C)C)CC1. The molecule has 0 aromatic rings. The molecule has 0 atom stereocenters. The van der Waals surface area contributed by atoms with Gasteiger partial charge in [-0.25, -0.2) is 9.59 Å². The number of nitrogens with one attached hydrogen (secondary N) is 4. The van der Waals surface area contributed by atoms with E-state index < -0.39 is 17.7 Å². The fourth-order valence-corrected chi connectivity index (χ4v) is 2.25. The summed E-state index contributed by atoms with van der Waals surface area (Å²) in [6, 6.07) is -0.273. The standard InChI is InChI=1S/C15H26N4O3/c1-5-12(16)19-13(20)17-10-6-8-11(9-7-10)18-14(21)22-15(2,3)4/h5,10-11H,1,6-9H2,2-4H3,(H,18,21)(H3,16,17,19,20). The van der Waals surface area contributed by atoms with Crippen LogP contribution in [0.15, 0.2) is 12.7 Å². The minimum Gasteiger partial charge on any atom is -0.444 e. The predicted octanol–water partition coefficient (Wildman–Crippen LogP) is 2.28. The van der Waals surface area contributed by atoms with E-state index in [0.717, 1.165) is 25.7 Å². The fraction of sp³-hybridized carbons (Fsp3) is 0.667. The average molecular weight is 310 g/mol. The van der Waals surface area contributed by atoms with Gasteiger partial charge in [-0.15, -0.1) is 0 Å². The summed E-state index contributed by atoms with van der Waals surface area (Å²) in [5.41, 5.74) is -0.503. The molecule has 0 aromatic carbocycles. The number of amides is 3. The lowest BCUT2D eigenvalue weighted by Gasteiger charge is -2.30. The van der Waals surface area contributed by atoms with Gasteiger partial charge in [-0.2, -0.15) is 0 Å². The molecule has 1 fully saturated rings. The van der Waals surface area contributed by atoms with Gasteiger partial charge in [0, 0.05) is 12.1 Å². The molecule has 0 heterocycles. The van der Waals surface area contributed by atoms with Crippen LogP contribution in [0.2, 0.25) is 0 Å². The Kier molecular flexibility index (Phi) is 6.39. The van der Waals surface area contributed by atoms with Crippen LogP contribution in [0.25, 0.3) is 0 Å². The first kappa shape index (κ1) is 18.0. The average Bonchev–Trinajstić information content (AvgIpc) is 2.38. The largest absolute Gasteiger partial charge is 0.444 e. The number of hydrogen-bond acceptors (Lipinski definition) is 4. The molecule has 1 saturated carbocycles. The van der Waals surface area contributed by atoms with Gasteiger partial charge in [0.15, 0.2) is 0 Å². The Hall–Kier alpha value is -2.05. The molecular weight excluding hydrogens is 284 g/mol. The van der Waals surface area contributed by atoms with Crippen molar-refractivity contribution in [3.63, 3.8) is 0 Å². The Morgan fingerprint density at radius 1 is 1.14 bits per heavy atom. The van der Waals surface area contributed by atoms with Crippen LogP contribution in [0.3, 0.4) is 0 Å². The third kappa shape index (κ3) is 7.10. The highest BCUT2D eigenvalue weighted by Gasteiger charge is 2.25.